The first-order valence-electron chi connectivity index (χ1n) is 10.2. The lowest BCUT2D eigenvalue weighted by atomic mass is 10.1. The topological polar surface area (TPSA) is 222 Å². The van der Waals surface area contributed by atoms with Gasteiger partial charge in [0.05, 0.1) is 4.90 Å². The Kier molecular flexibility index (Phi) is 10.5. The van der Waals surface area contributed by atoms with Crippen LogP contribution in [0.1, 0.15) is 24.2 Å². The van der Waals surface area contributed by atoms with E-state index in [1.807, 2.05) is 0 Å². The number of primary amides is 1. The van der Waals surface area contributed by atoms with Crippen molar-refractivity contribution < 1.29 is 41.1 Å². The highest BCUT2D eigenvalue weighted by Crippen LogP contribution is 2.25. The van der Waals surface area contributed by atoms with Crippen molar-refractivity contribution in [3.63, 3.8) is 0 Å². The summed E-state index contributed by atoms with van der Waals surface area (Å²) in [6, 6.07) is 5.78. The maximum absolute atomic E-state index is 13.1. The van der Waals surface area contributed by atoms with Gasteiger partial charge in [-0.3, -0.25) is 18.9 Å². The number of nitrogens with zero attached hydrogens (tertiary/aromatic N) is 2. The van der Waals surface area contributed by atoms with Crippen molar-refractivity contribution in [3.05, 3.63) is 57.0 Å². The van der Waals surface area contributed by atoms with E-state index in [-0.39, 0.29) is 15.6 Å². The van der Waals surface area contributed by atoms with E-state index < -0.39 is 51.7 Å². The number of pyridine rings is 1. The number of benzene rings is 1. The zero-order chi connectivity index (χ0) is 29.6. The number of oxime groups is 1. The number of aliphatic carboxylic acids is 1. The van der Waals surface area contributed by atoms with E-state index in [1.54, 1.807) is 13.0 Å². The third-order valence-electron chi connectivity index (χ3n) is 4.65. The maximum atomic E-state index is 13.1. The molecule has 2 unspecified atom stereocenters. The quantitative estimate of drug-likeness (QED) is 0.170. The van der Waals surface area contributed by atoms with Crippen LogP contribution >= 0.6 is 11.6 Å². The number of carboxylic acids is 1. The number of anilines is 1. The van der Waals surface area contributed by atoms with Gasteiger partial charge in [-0.25, -0.2) is 13.2 Å². The summed E-state index contributed by atoms with van der Waals surface area (Å²) in [5, 5.41) is 10.8. The van der Waals surface area contributed by atoms with Crippen molar-refractivity contribution in [3.8, 4) is 0 Å². The third-order valence-corrected chi connectivity index (χ3v) is 6.57. The first kappa shape index (κ1) is 32.0. The number of carbonyl (C=O) groups is 2. The van der Waals surface area contributed by atoms with Crippen LogP contribution in [0.15, 0.2) is 45.2 Å². The average molecular weight is 585 g/mol. The second-order valence-electron chi connectivity index (χ2n) is 7.51. The van der Waals surface area contributed by atoms with E-state index in [2.05, 4.69) is 9.88 Å². The second-order valence-corrected chi connectivity index (χ2v) is 9.57. The minimum absolute atomic E-state index is 0.0950. The average Bonchev–Trinajstić information content (AvgIpc) is 2.78. The number of carboxylic acid groups (broad SMARTS) is 1. The highest BCUT2D eigenvalue weighted by molar-refractivity contribution is 7.92. The molecule has 2 rings (SSSR count). The van der Waals surface area contributed by atoms with Crippen LogP contribution in [0.25, 0.3) is 0 Å². The van der Waals surface area contributed by atoms with Crippen LogP contribution in [0.2, 0.25) is 5.02 Å². The number of nitrogens with two attached hydrogens (primary N) is 3. The molecule has 8 N–H and O–H groups in total. The fourth-order valence-corrected chi connectivity index (χ4v) is 4.47. The van der Waals surface area contributed by atoms with Gasteiger partial charge in [0, 0.05) is 10.7 Å². The van der Waals surface area contributed by atoms with Crippen molar-refractivity contribution >= 4 is 45.1 Å². The van der Waals surface area contributed by atoms with E-state index in [1.165, 1.54) is 38.1 Å². The molecule has 0 aliphatic rings. The number of aromatic nitrogens is 1. The van der Waals surface area contributed by atoms with E-state index >= 15 is 0 Å². The Morgan fingerprint density at radius 2 is 1.71 bits per heavy atom. The molecule has 0 saturated heterocycles. The third kappa shape index (κ3) is 8.27. The van der Waals surface area contributed by atoms with Crippen molar-refractivity contribution in [1.29, 1.82) is 0 Å². The molecular weight excluding hydrogens is 561 g/mol. The van der Waals surface area contributed by atoms with Gasteiger partial charge in [-0.05, 0) is 55.8 Å². The molecule has 1 aromatic carbocycles. The number of aryl methyl sites for hydroxylation is 1. The first-order chi connectivity index (χ1) is 17.3. The minimum atomic E-state index is -5.08. The van der Waals surface area contributed by atoms with E-state index in [0.717, 1.165) is 4.57 Å². The Bertz CT molecular complexity index is 1390. The number of sulfonamides is 1. The summed E-state index contributed by atoms with van der Waals surface area (Å²) in [5.41, 5.74) is 15.4. The van der Waals surface area contributed by atoms with Crippen LogP contribution in [0.3, 0.4) is 0 Å². The highest BCUT2D eigenvalue weighted by atomic mass is 35.5. The molecule has 18 heteroatoms. The molecule has 2 aromatic rings. The maximum Gasteiger partial charge on any atom is 0.490 e. The normalized spacial score (nSPS) is 12.8. The molecule has 1 aromatic heterocycles. The number of amides is 1. The van der Waals surface area contributed by atoms with Gasteiger partial charge in [-0.2, -0.15) is 13.2 Å². The summed E-state index contributed by atoms with van der Waals surface area (Å²) in [4.78, 5) is 39.1. The molecule has 0 radical (unpaired) electrons. The largest absolute Gasteiger partial charge is 0.490 e. The molecule has 13 nitrogen and oxygen atoms in total. The Morgan fingerprint density at radius 1 is 1.16 bits per heavy atom. The smallest absolute Gasteiger partial charge is 0.475 e. The van der Waals surface area contributed by atoms with Crippen LogP contribution in [0.5, 0.6) is 0 Å². The summed E-state index contributed by atoms with van der Waals surface area (Å²) in [6.45, 7) is 4.51. The summed E-state index contributed by atoms with van der Waals surface area (Å²) < 4.78 is 60.7. The fraction of sp³-hybridized carbons (Fsp3) is 0.300. The van der Waals surface area contributed by atoms with E-state index in [0.29, 0.717) is 11.3 Å². The molecule has 38 heavy (non-hydrogen) atoms. The van der Waals surface area contributed by atoms with E-state index in [4.69, 9.17) is 43.5 Å². The monoisotopic (exact) mass is 584 g/mol. The van der Waals surface area contributed by atoms with Crippen LogP contribution in [-0.2, 0) is 24.4 Å². The molecule has 1 amide bonds. The number of hydrogen-bond acceptors (Lipinski definition) is 7. The molecule has 0 aliphatic carbocycles. The number of guanidine groups is 1. The summed E-state index contributed by atoms with van der Waals surface area (Å²) in [7, 11) is -4.16. The molecule has 0 fully saturated rings. The molecule has 0 saturated carbocycles. The Labute approximate surface area is 219 Å². The summed E-state index contributed by atoms with van der Waals surface area (Å²) >= 11 is 6.01. The van der Waals surface area contributed by atoms with Crippen molar-refractivity contribution in [1.82, 2.24) is 4.57 Å². The lowest BCUT2D eigenvalue weighted by Gasteiger charge is -2.24. The van der Waals surface area contributed by atoms with Gasteiger partial charge in [0.15, 0.2) is 12.1 Å². The molecule has 1 heterocycles. The highest BCUT2D eigenvalue weighted by Gasteiger charge is 2.38. The predicted octanol–water partition coefficient (Wildman–Crippen LogP) is 1.17. The van der Waals surface area contributed by atoms with Gasteiger partial charge in [0.2, 0.25) is 11.9 Å². The number of nitrogens with one attached hydrogen (secondary N) is 1. The number of halogens is 4. The second kappa shape index (κ2) is 12.5. The summed E-state index contributed by atoms with van der Waals surface area (Å²) in [5.74, 6) is -4.06. The molecule has 0 spiro atoms. The van der Waals surface area contributed by atoms with Gasteiger partial charge in [-0.15, -0.1) is 0 Å². The van der Waals surface area contributed by atoms with Crippen molar-refractivity contribution in [2.75, 3.05) is 4.72 Å². The number of carbonyl (C=O) groups excluding carboxylic acids is 1. The fourth-order valence-electron chi connectivity index (χ4n) is 2.92. The van der Waals surface area contributed by atoms with Crippen LogP contribution in [-0.4, -0.2) is 48.2 Å². The van der Waals surface area contributed by atoms with Gasteiger partial charge < -0.3 is 27.1 Å². The predicted molar refractivity (Wildman–Crippen MR) is 131 cm³/mol. The number of hydrogen-bond donors (Lipinski definition) is 5. The molecular formula is C20H24ClF3N6O7S. The number of alkyl halides is 3. The first-order valence-corrected chi connectivity index (χ1v) is 12.0. The Morgan fingerprint density at radius 3 is 2.18 bits per heavy atom. The lowest BCUT2D eigenvalue weighted by Crippen LogP contribution is -2.42. The standard InChI is InChI=1S/C18H23ClN6O5S.C2HF3O2/c1-9-7-8-13(24-31(28,29)14-6-4-5-12(19)10(14)2)17(27)25(9)15(16(20)26)11(3)30-23-18(21)22;3-2(4,5)1(6)7/h4-8,11,15,24H,1-3H3,(H2,20,26)(H4,21,22,23);(H,6,7). The van der Waals surface area contributed by atoms with Gasteiger partial charge in [0.1, 0.15) is 5.69 Å². The zero-order valence-corrected chi connectivity index (χ0v) is 21.6. The minimum Gasteiger partial charge on any atom is -0.475 e. The van der Waals surface area contributed by atoms with Crippen molar-refractivity contribution in [2.45, 2.75) is 44.0 Å². The van der Waals surface area contributed by atoms with Crippen LogP contribution in [0.4, 0.5) is 18.9 Å². The summed E-state index contributed by atoms with van der Waals surface area (Å²) in [6.07, 6.45) is -6.13. The van der Waals surface area contributed by atoms with Gasteiger partial charge >= 0.3 is 12.1 Å². The SMILES string of the molecule is Cc1c(Cl)cccc1S(=O)(=O)Nc1ccc(C)n(C(C(N)=O)C(C)ON=C(N)N)c1=O.O=C(O)C(F)(F)F. The molecule has 2 atom stereocenters. The van der Waals surface area contributed by atoms with E-state index in [9.17, 15) is 31.2 Å². The van der Waals surface area contributed by atoms with Gasteiger partial charge in [-0.1, -0.05) is 17.7 Å². The Balaban J connectivity index is 0.000000905. The van der Waals surface area contributed by atoms with Crippen LogP contribution in [0, 0.1) is 13.8 Å². The molecule has 0 aliphatic heterocycles. The lowest BCUT2D eigenvalue weighted by molar-refractivity contribution is -0.192. The molecule has 210 valence electrons. The molecule has 0 bridgehead atoms. The number of rotatable bonds is 8. The Hall–Kier alpha value is -3.99. The van der Waals surface area contributed by atoms with Gasteiger partial charge in [0.25, 0.3) is 15.6 Å². The van der Waals surface area contributed by atoms with Crippen molar-refractivity contribution in [2.24, 2.45) is 22.4 Å². The van der Waals surface area contributed by atoms with Crippen LogP contribution < -0.4 is 27.5 Å². The zero-order valence-electron chi connectivity index (χ0n) is 20.0.